The quantitative estimate of drug-likeness (QED) is 0.300. The average molecular weight is 457 g/mol. The van der Waals surface area contributed by atoms with Crippen LogP contribution in [0.25, 0.3) is 0 Å². The van der Waals surface area contributed by atoms with Crippen LogP contribution < -0.4 is 25.0 Å². The number of hydrogen-bond acceptors (Lipinski definition) is 8. The third-order valence-electron chi connectivity index (χ3n) is 4.32. The molecule has 0 saturated heterocycles. The number of ether oxygens (including phenoxy) is 4. The second-order valence-corrected chi connectivity index (χ2v) is 6.66. The van der Waals surface area contributed by atoms with E-state index in [2.05, 4.69) is 15.8 Å². The maximum absolute atomic E-state index is 12.3. The SMILES string of the molecule is CCOC(=O)COc1ccc(C=NNC(=O)C(C)NC(=O)c2ccc(OC)cc2)cc1OC. The van der Waals surface area contributed by atoms with Gasteiger partial charge in [-0.3, -0.25) is 9.59 Å². The van der Waals surface area contributed by atoms with E-state index in [-0.39, 0.29) is 13.2 Å². The number of hydrazone groups is 1. The summed E-state index contributed by atoms with van der Waals surface area (Å²) in [6.45, 7) is 3.28. The van der Waals surface area contributed by atoms with E-state index >= 15 is 0 Å². The lowest BCUT2D eigenvalue weighted by atomic mass is 10.2. The van der Waals surface area contributed by atoms with Crippen LogP contribution in [0.2, 0.25) is 0 Å². The highest BCUT2D eigenvalue weighted by Gasteiger charge is 2.16. The highest BCUT2D eigenvalue weighted by atomic mass is 16.6. The minimum atomic E-state index is -0.815. The lowest BCUT2D eigenvalue weighted by molar-refractivity contribution is -0.145. The predicted octanol–water partition coefficient (Wildman–Crippen LogP) is 1.91. The summed E-state index contributed by atoms with van der Waals surface area (Å²) < 4.78 is 20.5. The van der Waals surface area contributed by atoms with Crippen LogP contribution in [0.5, 0.6) is 17.2 Å². The molecular weight excluding hydrogens is 430 g/mol. The third kappa shape index (κ3) is 7.84. The molecule has 2 aromatic rings. The van der Waals surface area contributed by atoms with E-state index in [1.807, 2.05) is 0 Å². The number of amides is 2. The van der Waals surface area contributed by atoms with E-state index in [9.17, 15) is 14.4 Å². The first kappa shape index (κ1) is 25.2. The van der Waals surface area contributed by atoms with Crippen molar-refractivity contribution in [3.63, 3.8) is 0 Å². The summed E-state index contributed by atoms with van der Waals surface area (Å²) in [6.07, 6.45) is 1.41. The maximum Gasteiger partial charge on any atom is 0.344 e. The zero-order valence-corrected chi connectivity index (χ0v) is 18.9. The van der Waals surface area contributed by atoms with Crippen molar-refractivity contribution in [3.8, 4) is 17.2 Å². The van der Waals surface area contributed by atoms with Crippen LogP contribution in [0.3, 0.4) is 0 Å². The van der Waals surface area contributed by atoms with Crippen molar-refractivity contribution < 1.29 is 33.3 Å². The van der Waals surface area contributed by atoms with Crippen LogP contribution in [0.1, 0.15) is 29.8 Å². The molecular formula is C23H27N3O7. The van der Waals surface area contributed by atoms with E-state index in [4.69, 9.17) is 18.9 Å². The standard InChI is InChI=1S/C23H27N3O7/c1-5-32-21(27)14-33-19-11-6-16(12-20(19)31-4)13-24-26-22(28)15(2)25-23(29)17-7-9-18(30-3)10-8-17/h6-13,15H,5,14H2,1-4H3,(H,25,29)(H,26,28). The molecule has 10 nitrogen and oxygen atoms in total. The normalized spacial score (nSPS) is 11.4. The number of rotatable bonds is 11. The van der Waals surface area contributed by atoms with Gasteiger partial charge in [0.25, 0.3) is 11.8 Å². The molecule has 2 amide bonds. The lowest BCUT2D eigenvalue weighted by Crippen LogP contribution is -2.43. The Morgan fingerprint density at radius 3 is 2.39 bits per heavy atom. The molecule has 0 fully saturated rings. The van der Waals surface area contributed by atoms with Crippen LogP contribution in [0.15, 0.2) is 47.6 Å². The van der Waals surface area contributed by atoms with Gasteiger partial charge in [0.05, 0.1) is 27.0 Å². The van der Waals surface area contributed by atoms with Crippen LogP contribution in [-0.2, 0) is 14.3 Å². The number of nitrogens with zero attached hydrogens (tertiary/aromatic N) is 1. The van der Waals surface area contributed by atoms with Gasteiger partial charge in [-0.25, -0.2) is 10.2 Å². The predicted molar refractivity (Wildman–Crippen MR) is 121 cm³/mol. The van der Waals surface area contributed by atoms with Gasteiger partial charge in [-0.1, -0.05) is 0 Å². The minimum Gasteiger partial charge on any atom is -0.497 e. The fourth-order valence-electron chi connectivity index (χ4n) is 2.58. The summed E-state index contributed by atoms with van der Waals surface area (Å²) in [7, 11) is 2.99. The molecule has 2 N–H and O–H groups in total. The summed E-state index contributed by atoms with van der Waals surface area (Å²) in [4.78, 5) is 35.9. The van der Waals surface area contributed by atoms with Crippen LogP contribution >= 0.6 is 0 Å². The minimum absolute atomic E-state index is 0.242. The molecule has 0 aromatic heterocycles. The number of esters is 1. The van der Waals surface area contributed by atoms with E-state index < -0.39 is 23.8 Å². The Bertz CT molecular complexity index is 990. The number of hydrogen-bond donors (Lipinski definition) is 2. The van der Waals surface area contributed by atoms with Crippen LogP contribution in [0, 0.1) is 0 Å². The largest absolute Gasteiger partial charge is 0.497 e. The second-order valence-electron chi connectivity index (χ2n) is 6.66. The lowest BCUT2D eigenvalue weighted by Gasteiger charge is -2.12. The molecule has 0 heterocycles. The van der Waals surface area contributed by atoms with E-state index in [1.165, 1.54) is 20.4 Å². The van der Waals surface area contributed by atoms with Gasteiger partial charge in [0.15, 0.2) is 18.1 Å². The Kier molecular flexibility index (Phi) is 9.69. The van der Waals surface area contributed by atoms with Gasteiger partial charge < -0.3 is 24.3 Å². The third-order valence-corrected chi connectivity index (χ3v) is 4.32. The Balaban J connectivity index is 1.90. The van der Waals surface area contributed by atoms with Gasteiger partial charge in [0.1, 0.15) is 11.8 Å². The molecule has 176 valence electrons. The molecule has 0 radical (unpaired) electrons. The van der Waals surface area contributed by atoms with Crippen molar-refractivity contribution >= 4 is 24.0 Å². The number of methoxy groups -OCH3 is 2. The van der Waals surface area contributed by atoms with Gasteiger partial charge in [0.2, 0.25) is 0 Å². The Morgan fingerprint density at radius 2 is 1.76 bits per heavy atom. The first-order valence-electron chi connectivity index (χ1n) is 10.1. The van der Waals surface area contributed by atoms with E-state index in [1.54, 1.807) is 56.3 Å². The van der Waals surface area contributed by atoms with Crippen LogP contribution in [-0.4, -0.2) is 57.5 Å². The molecule has 1 unspecified atom stereocenters. The average Bonchev–Trinajstić information content (AvgIpc) is 2.83. The molecule has 0 bridgehead atoms. The number of nitrogens with one attached hydrogen (secondary N) is 2. The molecule has 0 aliphatic rings. The first-order chi connectivity index (χ1) is 15.9. The monoisotopic (exact) mass is 457 g/mol. The van der Waals surface area contributed by atoms with Gasteiger partial charge in [-0.05, 0) is 61.9 Å². The molecule has 0 spiro atoms. The molecule has 0 aliphatic heterocycles. The van der Waals surface area contributed by atoms with Crippen LogP contribution in [0.4, 0.5) is 0 Å². The fourth-order valence-corrected chi connectivity index (χ4v) is 2.58. The Labute approximate surface area is 191 Å². The summed E-state index contributed by atoms with van der Waals surface area (Å²) >= 11 is 0. The number of benzene rings is 2. The highest BCUT2D eigenvalue weighted by molar-refractivity contribution is 5.97. The molecule has 2 rings (SSSR count). The topological polar surface area (TPSA) is 125 Å². The summed E-state index contributed by atoms with van der Waals surface area (Å²) in [5, 5.41) is 6.51. The number of carbonyl (C=O) groups excluding carboxylic acids is 3. The molecule has 2 aromatic carbocycles. The zero-order valence-electron chi connectivity index (χ0n) is 18.9. The number of carbonyl (C=O) groups is 3. The van der Waals surface area contributed by atoms with Gasteiger partial charge in [-0.2, -0.15) is 5.10 Å². The fraction of sp³-hybridized carbons (Fsp3) is 0.304. The molecule has 33 heavy (non-hydrogen) atoms. The van der Waals surface area contributed by atoms with Gasteiger partial charge in [0, 0.05) is 5.56 Å². The van der Waals surface area contributed by atoms with Crippen molar-refractivity contribution in [2.45, 2.75) is 19.9 Å². The van der Waals surface area contributed by atoms with E-state index in [0.717, 1.165) is 0 Å². The van der Waals surface area contributed by atoms with Gasteiger partial charge in [-0.15, -0.1) is 0 Å². The van der Waals surface area contributed by atoms with Crippen molar-refractivity contribution in [1.29, 1.82) is 0 Å². The maximum atomic E-state index is 12.3. The molecule has 0 aliphatic carbocycles. The van der Waals surface area contributed by atoms with E-state index in [0.29, 0.717) is 28.4 Å². The highest BCUT2D eigenvalue weighted by Crippen LogP contribution is 2.27. The summed E-state index contributed by atoms with van der Waals surface area (Å²) in [6, 6.07) is 10.6. The van der Waals surface area contributed by atoms with Crippen molar-refractivity contribution in [2.24, 2.45) is 5.10 Å². The summed E-state index contributed by atoms with van der Waals surface area (Å²) in [5.74, 6) is 0.00112. The van der Waals surface area contributed by atoms with Crippen molar-refractivity contribution in [2.75, 3.05) is 27.4 Å². The van der Waals surface area contributed by atoms with Gasteiger partial charge >= 0.3 is 5.97 Å². The van der Waals surface area contributed by atoms with Crippen molar-refractivity contribution in [1.82, 2.24) is 10.7 Å². The Hall–Kier alpha value is -4.08. The molecule has 10 heteroatoms. The zero-order chi connectivity index (χ0) is 24.2. The first-order valence-corrected chi connectivity index (χ1v) is 10.1. The second kappa shape index (κ2) is 12.7. The molecule has 1 atom stereocenters. The molecule has 0 saturated carbocycles. The summed E-state index contributed by atoms with van der Waals surface area (Å²) in [5.41, 5.74) is 3.39. The smallest absolute Gasteiger partial charge is 0.344 e. The Morgan fingerprint density at radius 1 is 1.03 bits per heavy atom. The van der Waals surface area contributed by atoms with Crippen molar-refractivity contribution in [3.05, 3.63) is 53.6 Å².